The summed E-state index contributed by atoms with van der Waals surface area (Å²) in [6.07, 6.45) is 6.00. The first-order valence-corrected chi connectivity index (χ1v) is 9.31. The highest BCUT2D eigenvalue weighted by atomic mass is 16.5. The van der Waals surface area contributed by atoms with Crippen molar-refractivity contribution in [2.75, 3.05) is 20.2 Å². The van der Waals surface area contributed by atoms with Crippen molar-refractivity contribution < 1.29 is 9.53 Å². The van der Waals surface area contributed by atoms with Gasteiger partial charge in [0.25, 0.3) is 0 Å². The topological polar surface area (TPSA) is 50.6 Å². The Balaban J connectivity index is 1.58. The largest absolute Gasteiger partial charge is 0.497 e. The van der Waals surface area contributed by atoms with Crippen molar-refractivity contribution in [2.24, 2.45) is 0 Å². The van der Waals surface area contributed by atoms with Gasteiger partial charge in [-0.15, -0.1) is 0 Å². The maximum absolute atomic E-state index is 11.6. The molecule has 0 N–H and O–H groups in total. The van der Waals surface area contributed by atoms with Gasteiger partial charge in [0.05, 0.1) is 19.7 Å². The van der Waals surface area contributed by atoms with Gasteiger partial charge in [-0.05, 0) is 30.5 Å². The van der Waals surface area contributed by atoms with Crippen LogP contribution >= 0.6 is 0 Å². The maximum Gasteiger partial charge on any atom is 0.219 e. The van der Waals surface area contributed by atoms with E-state index in [9.17, 15) is 4.79 Å². The molecule has 3 heterocycles. The van der Waals surface area contributed by atoms with Gasteiger partial charge in [-0.1, -0.05) is 12.1 Å². The van der Waals surface area contributed by atoms with Gasteiger partial charge in [-0.2, -0.15) is 0 Å². The molecule has 6 nitrogen and oxygen atoms in total. The fourth-order valence-electron chi connectivity index (χ4n) is 4.24. The number of imidazole rings is 1. The predicted molar refractivity (Wildman–Crippen MR) is 98.8 cm³/mol. The van der Waals surface area contributed by atoms with E-state index < -0.39 is 0 Å². The monoisotopic (exact) mass is 354 g/mol. The van der Waals surface area contributed by atoms with Gasteiger partial charge in [-0.3, -0.25) is 9.69 Å². The zero-order valence-electron chi connectivity index (χ0n) is 15.5. The molecule has 1 aromatic carbocycles. The third-order valence-corrected chi connectivity index (χ3v) is 5.78. The lowest BCUT2D eigenvalue weighted by molar-refractivity contribution is -0.130. The molecular weight excluding hydrogens is 328 g/mol. The van der Waals surface area contributed by atoms with E-state index >= 15 is 0 Å². The summed E-state index contributed by atoms with van der Waals surface area (Å²) in [7, 11) is 1.70. The number of benzene rings is 1. The second-order valence-corrected chi connectivity index (χ2v) is 7.19. The molecule has 4 rings (SSSR count). The molecule has 0 bridgehead atoms. The Labute approximate surface area is 154 Å². The first-order valence-electron chi connectivity index (χ1n) is 9.31. The zero-order chi connectivity index (χ0) is 18.1. The summed E-state index contributed by atoms with van der Waals surface area (Å²) in [6, 6.07) is 9.20. The minimum Gasteiger partial charge on any atom is -0.497 e. The fourth-order valence-corrected chi connectivity index (χ4v) is 4.24. The van der Waals surface area contributed by atoms with E-state index in [1.807, 2.05) is 23.2 Å². The van der Waals surface area contributed by atoms with E-state index in [1.54, 1.807) is 14.0 Å². The van der Waals surface area contributed by atoms with Gasteiger partial charge in [0.15, 0.2) is 0 Å². The molecule has 26 heavy (non-hydrogen) atoms. The van der Waals surface area contributed by atoms with Gasteiger partial charge in [-0.25, -0.2) is 4.98 Å². The van der Waals surface area contributed by atoms with Crippen LogP contribution < -0.4 is 4.74 Å². The zero-order valence-corrected chi connectivity index (χ0v) is 15.5. The minimum absolute atomic E-state index is 0.185. The van der Waals surface area contributed by atoms with Gasteiger partial charge in [0.1, 0.15) is 11.6 Å². The molecule has 2 aliphatic rings. The number of rotatable bonds is 3. The second kappa shape index (κ2) is 7.11. The van der Waals surface area contributed by atoms with Crippen molar-refractivity contribution in [1.82, 2.24) is 19.4 Å². The third-order valence-electron chi connectivity index (χ3n) is 5.78. The molecule has 1 unspecified atom stereocenters. The summed E-state index contributed by atoms with van der Waals surface area (Å²) < 4.78 is 7.57. The molecule has 1 saturated heterocycles. The van der Waals surface area contributed by atoms with Crippen LogP contribution in [0.25, 0.3) is 0 Å². The fraction of sp³-hybridized carbons (Fsp3) is 0.500. The number of fused-ring (bicyclic) bond motifs is 1. The van der Waals surface area contributed by atoms with E-state index in [2.05, 4.69) is 32.8 Å². The van der Waals surface area contributed by atoms with Crippen molar-refractivity contribution in [3.63, 3.8) is 0 Å². The van der Waals surface area contributed by atoms with Crippen LogP contribution in [0, 0.1) is 0 Å². The molecule has 0 saturated carbocycles. The molecule has 138 valence electrons. The molecular formula is C20H26N4O2. The minimum atomic E-state index is 0.185. The molecule has 0 radical (unpaired) electrons. The average molecular weight is 354 g/mol. The number of carbonyl (C=O) groups is 1. The first kappa shape index (κ1) is 17.1. The van der Waals surface area contributed by atoms with Crippen molar-refractivity contribution >= 4 is 5.91 Å². The summed E-state index contributed by atoms with van der Waals surface area (Å²) in [5, 5.41) is 0. The lowest BCUT2D eigenvalue weighted by atomic mass is 9.96. The number of hydrogen-bond donors (Lipinski definition) is 0. The normalized spacial score (nSPS) is 21.5. The van der Waals surface area contributed by atoms with Crippen molar-refractivity contribution in [3.05, 3.63) is 48.0 Å². The Hall–Kier alpha value is -2.34. The van der Waals surface area contributed by atoms with Crippen molar-refractivity contribution in [3.8, 4) is 5.75 Å². The molecule has 0 spiro atoms. The van der Waals surface area contributed by atoms with E-state index in [0.29, 0.717) is 12.1 Å². The number of methoxy groups -OCH3 is 1. The number of amides is 1. The molecule has 1 aromatic heterocycles. The molecule has 1 atom stereocenters. The lowest BCUT2D eigenvalue weighted by Crippen LogP contribution is -2.49. The maximum atomic E-state index is 11.6. The van der Waals surface area contributed by atoms with Gasteiger partial charge in [0.2, 0.25) is 5.91 Å². The highest BCUT2D eigenvalue weighted by Crippen LogP contribution is 2.34. The van der Waals surface area contributed by atoms with E-state index in [4.69, 9.17) is 4.74 Å². The molecule has 1 fully saturated rings. The second-order valence-electron chi connectivity index (χ2n) is 7.19. The van der Waals surface area contributed by atoms with Crippen LogP contribution in [0.5, 0.6) is 5.75 Å². The van der Waals surface area contributed by atoms with Gasteiger partial charge < -0.3 is 14.2 Å². The molecule has 2 aromatic rings. The van der Waals surface area contributed by atoms with Crippen molar-refractivity contribution in [2.45, 2.75) is 44.9 Å². The van der Waals surface area contributed by atoms with Gasteiger partial charge >= 0.3 is 0 Å². The van der Waals surface area contributed by atoms with E-state index in [0.717, 1.165) is 50.6 Å². The number of carbonyl (C=O) groups excluding carboxylic acids is 1. The van der Waals surface area contributed by atoms with Crippen LogP contribution in [0.3, 0.4) is 0 Å². The summed E-state index contributed by atoms with van der Waals surface area (Å²) >= 11 is 0. The summed E-state index contributed by atoms with van der Waals surface area (Å²) in [5.41, 5.74) is 1.30. The smallest absolute Gasteiger partial charge is 0.219 e. The Kier molecular flexibility index (Phi) is 4.68. The molecule has 2 aliphatic heterocycles. The summed E-state index contributed by atoms with van der Waals surface area (Å²) in [6.45, 7) is 5.13. The van der Waals surface area contributed by atoms with E-state index in [-0.39, 0.29) is 5.91 Å². The third kappa shape index (κ3) is 3.21. The molecule has 0 aliphatic carbocycles. The van der Waals surface area contributed by atoms with Crippen LogP contribution in [0.15, 0.2) is 36.7 Å². The van der Waals surface area contributed by atoms with E-state index in [1.165, 1.54) is 5.56 Å². The van der Waals surface area contributed by atoms with Crippen molar-refractivity contribution in [1.29, 1.82) is 0 Å². The number of aromatic nitrogens is 2. The number of likely N-dealkylation sites (tertiary alicyclic amines) is 1. The van der Waals surface area contributed by atoms with Crippen LogP contribution in [0.4, 0.5) is 0 Å². The Morgan fingerprint density at radius 2 is 1.92 bits per heavy atom. The number of piperidine rings is 1. The summed E-state index contributed by atoms with van der Waals surface area (Å²) in [5.74, 6) is 2.20. The number of ether oxygens (including phenoxy) is 1. The standard InChI is InChI=1S/C20H26N4O2/c1-15(25)22-10-7-17(8-11-22)24-14-20-21-9-12-23(20)13-19(24)16-3-5-18(26-2)6-4-16/h3-6,9,12,17,19H,7-8,10-11,13-14H2,1-2H3. The quantitative estimate of drug-likeness (QED) is 0.850. The van der Waals surface area contributed by atoms with Gasteiger partial charge in [0, 0.05) is 45.0 Å². The SMILES string of the molecule is COc1ccc(C2Cn3ccnc3CN2C2CCN(C(C)=O)CC2)cc1. The Bertz CT molecular complexity index is 762. The van der Waals surface area contributed by atoms with Crippen LogP contribution in [0.2, 0.25) is 0 Å². The molecule has 6 heteroatoms. The average Bonchev–Trinajstić information content (AvgIpc) is 3.14. The van der Waals surface area contributed by atoms with Crippen LogP contribution in [-0.4, -0.2) is 51.5 Å². The highest BCUT2D eigenvalue weighted by molar-refractivity contribution is 5.73. The summed E-state index contributed by atoms with van der Waals surface area (Å²) in [4.78, 5) is 20.7. The number of hydrogen-bond acceptors (Lipinski definition) is 4. The first-order chi connectivity index (χ1) is 12.7. The van der Waals surface area contributed by atoms with Crippen LogP contribution in [0.1, 0.15) is 37.2 Å². The van der Waals surface area contributed by atoms with Crippen LogP contribution in [-0.2, 0) is 17.9 Å². The highest BCUT2D eigenvalue weighted by Gasteiger charge is 2.35. The predicted octanol–water partition coefficient (Wildman–Crippen LogP) is 2.46. The Morgan fingerprint density at radius 1 is 1.19 bits per heavy atom. The Morgan fingerprint density at radius 3 is 2.58 bits per heavy atom. The number of nitrogens with zero attached hydrogens (tertiary/aromatic N) is 4. The lowest BCUT2D eigenvalue weighted by Gasteiger charge is -2.44. The molecule has 1 amide bonds.